The predicted molar refractivity (Wildman–Crippen MR) is 125 cm³/mol. The van der Waals surface area contributed by atoms with Crippen molar-refractivity contribution in [2.45, 2.75) is 31.7 Å². The molecule has 0 atom stereocenters. The lowest BCUT2D eigenvalue weighted by atomic mass is 10.0. The topological polar surface area (TPSA) is 85.2 Å². The normalized spacial score (nSPS) is 16.8. The Hall–Kier alpha value is -3.66. The maximum atomic E-state index is 13.3. The Labute approximate surface area is 187 Å². The van der Waals surface area contributed by atoms with Crippen molar-refractivity contribution in [3.05, 3.63) is 59.8 Å². The molecule has 2 aliphatic rings. The Morgan fingerprint density at radius 2 is 1.81 bits per heavy atom. The molecule has 0 radical (unpaired) electrons. The molecular formula is C25H26N6O. The molecule has 5 rings (SSSR count). The number of hydrogen-bond acceptors (Lipinski definition) is 6. The van der Waals surface area contributed by atoms with Crippen LogP contribution in [0.1, 0.15) is 41.6 Å². The van der Waals surface area contributed by atoms with E-state index in [1.807, 2.05) is 36.4 Å². The van der Waals surface area contributed by atoms with Crippen molar-refractivity contribution in [1.29, 1.82) is 5.26 Å². The monoisotopic (exact) mass is 426 g/mol. The summed E-state index contributed by atoms with van der Waals surface area (Å²) in [6.45, 7) is 3.53. The lowest BCUT2D eigenvalue weighted by Gasteiger charge is -2.33. The molecule has 0 bridgehead atoms. The molecule has 2 fully saturated rings. The van der Waals surface area contributed by atoms with E-state index >= 15 is 0 Å². The minimum atomic E-state index is -0.0416. The molecule has 32 heavy (non-hydrogen) atoms. The third kappa shape index (κ3) is 4.09. The Balaban J connectivity index is 1.30. The standard InChI is InChI=1S/C25H26N6O/c26-16-18-7-8-23(27-17-18)30-13-9-20(10-14-30)28-25(32)21-15-19-5-1-2-6-22(19)29-24(21)31-11-3-4-12-31/h1-2,5-8,15,17,20H,3-4,9-14H2,(H,28,32). The van der Waals surface area contributed by atoms with Gasteiger partial charge in [0.15, 0.2) is 0 Å². The molecule has 1 aromatic carbocycles. The van der Waals surface area contributed by atoms with Gasteiger partial charge in [-0.1, -0.05) is 18.2 Å². The van der Waals surface area contributed by atoms with Gasteiger partial charge >= 0.3 is 0 Å². The zero-order valence-corrected chi connectivity index (χ0v) is 18.0. The van der Waals surface area contributed by atoms with E-state index in [0.29, 0.717) is 11.1 Å². The van der Waals surface area contributed by atoms with Gasteiger partial charge in [0.1, 0.15) is 17.7 Å². The maximum absolute atomic E-state index is 13.3. The predicted octanol–water partition coefficient (Wildman–Crippen LogP) is 3.50. The molecule has 2 saturated heterocycles. The first-order valence-corrected chi connectivity index (χ1v) is 11.3. The maximum Gasteiger partial charge on any atom is 0.255 e. The molecule has 0 aliphatic carbocycles. The quantitative estimate of drug-likeness (QED) is 0.687. The Morgan fingerprint density at radius 1 is 1.03 bits per heavy atom. The summed E-state index contributed by atoms with van der Waals surface area (Å²) < 4.78 is 0. The largest absolute Gasteiger partial charge is 0.356 e. The van der Waals surface area contributed by atoms with Crippen LogP contribution in [0.4, 0.5) is 11.6 Å². The first kappa shape index (κ1) is 20.3. The second-order valence-electron chi connectivity index (χ2n) is 8.50. The highest BCUT2D eigenvalue weighted by atomic mass is 16.1. The fourth-order valence-electron chi connectivity index (χ4n) is 4.60. The smallest absolute Gasteiger partial charge is 0.255 e. The zero-order chi connectivity index (χ0) is 21.9. The van der Waals surface area contributed by atoms with Crippen LogP contribution in [0.3, 0.4) is 0 Å². The fraction of sp³-hybridized carbons (Fsp3) is 0.360. The number of pyridine rings is 2. The highest BCUT2D eigenvalue weighted by molar-refractivity contribution is 6.02. The summed E-state index contributed by atoms with van der Waals surface area (Å²) in [6.07, 6.45) is 5.59. The number of fused-ring (bicyclic) bond motifs is 1. The van der Waals surface area contributed by atoms with E-state index in [4.69, 9.17) is 10.2 Å². The first-order valence-electron chi connectivity index (χ1n) is 11.3. The third-order valence-electron chi connectivity index (χ3n) is 6.39. The number of benzene rings is 1. The Morgan fingerprint density at radius 3 is 2.53 bits per heavy atom. The molecule has 4 heterocycles. The number of nitrogens with zero attached hydrogens (tertiary/aromatic N) is 5. The van der Waals surface area contributed by atoms with Crippen LogP contribution in [0.5, 0.6) is 0 Å². The van der Waals surface area contributed by atoms with Gasteiger partial charge in [-0.05, 0) is 49.9 Å². The van der Waals surface area contributed by atoms with Crippen molar-refractivity contribution in [2.24, 2.45) is 0 Å². The highest BCUT2D eigenvalue weighted by Crippen LogP contribution is 2.27. The van der Waals surface area contributed by atoms with Crippen LogP contribution in [-0.4, -0.2) is 48.1 Å². The second-order valence-corrected chi connectivity index (χ2v) is 8.50. The number of anilines is 2. The minimum absolute atomic E-state index is 0.0416. The van der Waals surface area contributed by atoms with Crippen LogP contribution in [0.25, 0.3) is 10.9 Å². The van der Waals surface area contributed by atoms with Crippen LogP contribution >= 0.6 is 0 Å². The Bertz CT molecular complexity index is 1160. The number of amides is 1. The van der Waals surface area contributed by atoms with Crippen molar-refractivity contribution in [1.82, 2.24) is 15.3 Å². The molecule has 0 saturated carbocycles. The van der Waals surface area contributed by atoms with Gasteiger partial charge in [-0.15, -0.1) is 0 Å². The van der Waals surface area contributed by atoms with Crippen molar-refractivity contribution in [2.75, 3.05) is 36.0 Å². The molecule has 3 aromatic rings. The van der Waals surface area contributed by atoms with E-state index in [0.717, 1.165) is 74.4 Å². The molecule has 0 unspecified atom stereocenters. The van der Waals surface area contributed by atoms with Crippen LogP contribution in [-0.2, 0) is 0 Å². The van der Waals surface area contributed by atoms with E-state index in [1.54, 1.807) is 12.3 Å². The number of para-hydroxylation sites is 1. The zero-order valence-electron chi connectivity index (χ0n) is 18.0. The lowest BCUT2D eigenvalue weighted by Crippen LogP contribution is -2.45. The molecule has 1 amide bonds. The lowest BCUT2D eigenvalue weighted by molar-refractivity contribution is 0.0931. The van der Waals surface area contributed by atoms with Gasteiger partial charge in [0.25, 0.3) is 5.91 Å². The number of carbonyl (C=O) groups is 1. The highest BCUT2D eigenvalue weighted by Gasteiger charge is 2.26. The average molecular weight is 427 g/mol. The van der Waals surface area contributed by atoms with E-state index in [-0.39, 0.29) is 11.9 Å². The summed E-state index contributed by atoms with van der Waals surface area (Å²) in [5.74, 6) is 1.64. The number of nitriles is 1. The van der Waals surface area contributed by atoms with Gasteiger partial charge in [0.2, 0.25) is 0 Å². The van der Waals surface area contributed by atoms with Gasteiger partial charge in [0, 0.05) is 43.8 Å². The number of aromatic nitrogens is 2. The van der Waals surface area contributed by atoms with E-state index in [1.165, 1.54) is 0 Å². The van der Waals surface area contributed by atoms with Crippen molar-refractivity contribution in [3.63, 3.8) is 0 Å². The van der Waals surface area contributed by atoms with Crippen LogP contribution in [0.2, 0.25) is 0 Å². The molecule has 1 N–H and O–H groups in total. The summed E-state index contributed by atoms with van der Waals surface area (Å²) in [7, 11) is 0. The number of hydrogen-bond donors (Lipinski definition) is 1. The van der Waals surface area contributed by atoms with E-state index in [2.05, 4.69) is 26.2 Å². The fourth-order valence-corrected chi connectivity index (χ4v) is 4.60. The number of piperidine rings is 1. The molecular weight excluding hydrogens is 400 g/mol. The first-order chi connectivity index (χ1) is 15.7. The van der Waals surface area contributed by atoms with Crippen molar-refractivity contribution < 1.29 is 4.79 Å². The summed E-state index contributed by atoms with van der Waals surface area (Å²) in [6, 6.07) is 15.9. The second kappa shape index (κ2) is 8.83. The van der Waals surface area contributed by atoms with Crippen molar-refractivity contribution >= 4 is 28.4 Å². The summed E-state index contributed by atoms with van der Waals surface area (Å²) in [5.41, 5.74) is 2.16. The summed E-state index contributed by atoms with van der Waals surface area (Å²) in [5, 5.41) is 13.2. The molecule has 2 aliphatic heterocycles. The third-order valence-corrected chi connectivity index (χ3v) is 6.39. The molecule has 7 nitrogen and oxygen atoms in total. The van der Waals surface area contributed by atoms with Crippen LogP contribution in [0, 0.1) is 11.3 Å². The average Bonchev–Trinajstić information content (AvgIpc) is 3.39. The molecule has 7 heteroatoms. The van der Waals surface area contributed by atoms with Crippen LogP contribution < -0.4 is 15.1 Å². The van der Waals surface area contributed by atoms with Gasteiger partial charge in [-0.3, -0.25) is 4.79 Å². The van der Waals surface area contributed by atoms with Gasteiger partial charge in [0.05, 0.1) is 16.6 Å². The van der Waals surface area contributed by atoms with E-state index < -0.39 is 0 Å². The van der Waals surface area contributed by atoms with Gasteiger partial charge < -0.3 is 15.1 Å². The summed E-state index contributed by atoms with van der Waals surface area (Å²) >= 11 is 0. The van der Waals surface area contributed by atoms with Gasteiger partial charge in [-0.25, -0.2) is 9.97 Å². The minimum Gasteiger partial charge on any atom is -0.356 e. The number of rotatable bonds is 4. The van der Waals surface area contributed by atoms with Crippen LogP contribution in [0.15, 0.2) is 48.7 Å². The molecule has 2 aromatic heterocycles. The Kier molecular flexibility index (Phi) is 5.59. The number of carbonyl (C=O) groups excluding carboxylic acids is 1. The molecule has 0 spiro atoms. The molecule has 162 valence electrons. The van der Waals surface area contributed by atoms with Gasteiger partial charge in [-0.2, -0.15) is 5.26 Å². The SMILES string of the molecule is N#Cc1ccc(N2CCC(NC(=O)c3cc4ccccc4nc3N3CCCC3)CC2)nc1. The van der Waals surface area contributed by atoms with Crippen molar-refractivity contribution in [3.8, 4) is 6.07 Å². The van der Waals surface area contributed by atoms with E-state index in [9.17, 15) is 4.79 Å². The summed E-state index contributed by atoms with van der Waals surface area (Å²) in [4.78, 5) is 27.0. The number of nitrogens with one attached hydrogen (secondary N) is 1.